The van der Waals surface area contributed by atoms with Gasteiger partial charge in [-0.1, -0.05) is 19.8 Å². The number of fused-ring (bicyclic) bond motifs is 1. The third-order valence-corrected chi connectivity index (χ3v) is 4.10. The van der Waals surface area contributed by atoms with Crippen molar-refractivity contribution in [1.29, 1.82) is 0 Å². The van der Waals surface area contributed by atoms with E-state index < -0.39 is 6.10 Å². The van der Waals surface area contributed by atoms with E-state index in [1.54, 1.807) is 0 Å². The number of likely N-dealkylation sites (tertiary alicyclic amines) is 1. The summed E-state index contributed by atoms with van der Waals surface area (Å²) >= 11 is 0. The van der Waals surface area contributed by atoms with Gasteiger partial charge in [0, 0.05) is 37.8 Å². The van der Waals surface area contributed by atoms with E-state index in [1.165, 1.54) is 6.33 Å². The van der Waals surface area contributed by atoms with Gasteiger partial charge in [0.1, 0.15) is 5.52 Å². The topological polar surface area (TPSA) is 85.0 Å². The Morgan fingerprint density at radius 3 is 3.04 bits per heavy atom. The highest BCUT2D eigenvalue weighted by molar-refractivity contribution is 5.77. The highest BCUT2D eigenvalue weighted by Gasteiger charge is 2.30. The molecule has 2 unspecified atom stereocenters. The first-order valence-electron chi connectivity index (χ1n) is 7.97. The molecule has 0 radical (unpaired) electrons. The molecule has 0 saturated carbocycles. The second-order valence-corrected chi connectivity index (χ2v) is 6.56. The lowest BCUT2D eigenvalue weighted by molar-refractivity contribution is 0.158. The molecule has 3 rings (SSSR count). The summed E-state index contributed by atoms with van der Waals surface area (Å²) in [5.74, 6) is 6.92. The van der Waals surface area contributed by atoms with Crippen molar-refractivity contribution >= 4 is 11.0 Å². The minimum absolute atomic E-state index is 0.00434. The molecule has 0 aromatic carbocycles. The van der Waals surface area contributed by atoms with Gasteiger partial charge in [-0.05, 0) is 5.92 Å². The molecule has 6 heteroatoms. The van der Waals surface area contributed by atoms with Crippen molar-refractivity contribution in [2.75, 3.05) is 13.1 Å². The van der Waals surface area contributed by atoms with E-state index in [1.807, 2.05) is 6.20 Å². The van der Waals surface area contributed by atoms with E-state index in [0.29, 0.717) is 30.0 Å². The first-order chi connectivity index (χ1) is 11.0. The standard InChI is InChI=1S/C17H22N4O2/c1-11(2)4-3-5-12-7-21(9-14(12)22)8-13-6-18-16-15(13)19-10-20-17(16)23/h6,10-12,14,18,22H,4,7-9H2,1-2H3,(H,19,20,23). The van der Waals surface area contributed by atoms with Crippen LogP contribution in [0.25, 0.3) is 11.0 Å². The summed E-state index contributed by atoms with van der Waals surface area (Å²) in [6.07, 6.45) is 3.67. The first kappa shape index (κ1) is 15.8. The van der Waals surface area contributed by atoms with E-state index in [-0.39, 0.29) is 11.5 Å². The van der Waals surface area contributed by atoms with E-state index in [0.717, 1.165) is 18.5 Å². The number of aliphatic hydroxyl groups is 1. The molecule has 2 aromatic heterocycles. The largest absolute Gasteiger partial charge is 0.390 e. The molecule has 1 aliphatic heterocycles. The number of β-amino-alcohol motifs (C(OH)–C–C–N with tert-alkyl or cyclic N) is 1. The van der Waals surface area contributed by atoms with Crippen molar-refractivity contribution in [2.24, 2.45) is 11.8 Å². The highest BCUT2D eigenvalue weighted by atomic mass is 16.3. The molecule has 3 N–H and O–H groups in total. The highest BCUT2D eigenvalue weighted by Crippen LogP contribution is 2.21. The lowest BCUT2D eigenvalue weighted by Crippen LogP contribution is -2.21. The summed E-state index contributed by atoms with van der Waals surface area (Å²) in [7, 11) is 0. The number of nitrogens with zero attached hydrogens (tertiary/aromatic N) is 2. The molecule has 2 atom stereocenters. The van der Waals surface area contributed by atoms with E-state index in [2.05, 4.69) is 45.5 Å². The van der Waals surface area contributed by atoms with Crippen LogP contribution in [0.4, 0.5) is 0 Å². The van der Waals surface area contributed by atoms with Crippen LogP contribution >= 0.6 is 0 Å². The van der Waals surface area contributed by atoms with E-state index in [9.17, 15) is 9.90 Å². The van der Waals surface area contributed by atoms with Crippen LogP contribution in [-0.4, -0.2) is 44.2 Å². The fraction of sp³-hybridized carbons (Fsp3) is 0.529. The zero-order chi connectivity index (χ0) is 16.4. The summed E-state index contributed by atoms with van der Waals surface area (Å²) in [6.45, 7) is 6.25. The van der Waals surface area contributed by atoms with Crippen molar-refractivity contribution in [3.63, 3.8) is 0 Å². The van der Waals surface area contributed by atoms with Crippen LogP contribution in [-0.2, 0) is 6.54 Å². The van der Waals surface area contributed by atoms with Gasteiger partial charge in [-0.15, -0.1) is 5.92 Å². The number of H-pyrrole nitrogens is 2. The molecule has 1 saturated heterocycles. The fourth-order valence-corrected chi connectivity index (χ4v) is 2.90. The minimum Gasteiger partial charge on any atom is -0.390 e. The van der Waals surface area contributed by atoms with Crippen LogP contribution in [0, 0.1) is 23.7 Å². The maximum Gasteiger partial charge on any atom is 0.275 e. The molecule has 0 amide bonds. The average molecular weight is 314 g/mol. The summed E-state index contributed by atoms with van der Waals surface area (Å²) in [4.78, 5) is 23.6. The Labute approximate surface area is 134 Å². The van der Waals surface area contributed by atoms with Crippen LogP contribution in [0.2, 0.25) is 0 Å². The van der Waals surface area contributed by atoms with Gasteiger partial charge in [-0.3, -0.25) is 9.69 Å². The molecule has 6 nitrogen and oxygen atoms in total. The van der Waals surface area contributed by atoms with Crippen molar-refractivity contribution in [3.8, 4) is 11.8 Å². The van der Waals surface area contributed by atoms with Gasteiger partial charge in [-0.25, -0.2) is 4.98 Å². The second kappa shape index (κ2) is 6.57. The Balaban J connectivity index is 1.70. The van der Waals surface area contributed by atoms with Gasteiger partial charge in [0.15, 0.2) is 0 Å². The third-order valence-electron chi connectivity index (χ3n) is 4.10. The predicted octanol–water partition coefficient (Wildman–Crippen LogP) is 1.09. The lowest BCUT2D eigenvalue weighted by Gasteiger charge is -2.13. The zero-order valence-electron chi connectivity index (χ0n) is 13.5. The van der Waals surface area contributed by atoms with Crippen molar-refractivity contribution in [2.45, 2.75) is 32.9 Å². The van der Waals surface area contributed by atoms with E-state index in [4.69, 9.17) is 0 Å². The fourth-order valence-electron chi connectivity index (χ4n) is 2.90. The zero-order valence-corrected chi connectivity index (χ0v) is 13.5. The van der Waals surface area contributed by atoms with Crippen molar-refractivity contribution in [3.05, 3.63) is 28.4 Å². The Morgan fingerprint density at radius 1 is 1.43 bits per heavy atom. The third kappa shape index (κ3) is 3.46. The van der Waals surface area contributed by atoms with Crippen molar-refractivity contribution < 1.29 is 5.11 Å². The predicted molar refractivity (Wildman–Crippen MR) is 88.7 cm³/mol. The molecular formula is C17H22N4O2. The average Bonchev–Trinajstić information content (AvgIpc) is 3.05. The normalized spacial score (nSPS) is 21.7. The van der Waals surface area contributed by atoms with Gasteiger partial charge in [0.2, 0.25) is 0 Å². The molecular weight excluding hydrogens is 292 g/mol. The molecule has 0 spiro atoms. The summed E-state index contributed by atoms with van der Waals surface area (Å²) in [6, 6.07) is 0. The van der Waals surface area contributed by atoms with E-state index >= 15 is 0 Å². The number of rotatable bonds is 3. The number of nitrogens with one attached hydrogen (secondary N) is 2. The van der Waals surface area contributed by atoms with Gasteiger partial charge in [0.05, 0.1) is 23.9 Å². The number of hydrogen-bond donors (Lipinski definition) is 3. The number of aliphatic hydroxyl groups excluding tert-OH is 1. The Morgan fingerprint density at radius 2 is 2.26 bits per heavy atom. The SMILES string of the molecule is CC(C)CC#CC1CN(Cc2c[nH]c3c(=O)[nH]cnc23)CC1O. The summed E-state index contributed by atoms with van der Waals surface area (Å²) < 4.78 is 0. The molecule has 1 fully saturated rings. The molecule has 122 valence electrons. The first-order valence-corrected chi connectivity index (χ1v) is 7.97. The maximum atomic E-state index is 11.7. The Bertz CT molecular complexity index is 796. The van der Waals surface area contributed by atoms with Gasteiger partial charge in [-0.2, -0.15) is 0 Å². The number of hydrogen-bond acceptors (Lipinski definition) is 4. The number of aromatic amines is 2. The van der Waals surface area contributed by atoms with Gasteiger partial charge >= 0.3 is 0 Å². The second-order valence-electron chi connectivity index (χ2n) is 6.56. The molecule has 3 heterocycles. The van der Waals surface area contributed by atoms with Gasteiger partial charge < -0.3 is 15.1 Å². The Kier molecular flexibility index (Phi) is 4.51. The van der Waals surface area contributed by atoms with Crippen LogP contribution in [0.3, 0.4) is 0 Å². The smallest absolute Gasteiger partial charge is 0.275 e. The van der Waals surface area contributed by atoms with Crippen LogP contribution in [0.1, 0.15) is 25.8 Å². The minimum atomic E-state index is -0.420. The maximum absolute atomic E-state index is 11.7. The van der Waals surface area contributed by atoms with Crippen LogP contribution < -0.4 is 5.56 Å². The molecule has 2 aromatic rings. The summed E-state index contributed by atoms with van der Waals surface area (Å²) in [5, 5.41) is 10.2. The molecule has 23 heavy (non-hydrogen) atoms. The monoisotopic (exact) mass is 314 g/mol. The Hall–Kier alpha value is -2.10. The van der Waals surface area contributed by atoms with Crippen molar-refractivity contribution in [1.82, 2.24) is 19.9 Å². The quantitative estimate of drug-likeness (QED) is 0.741. The van der Waals surface area contributed by atoms with Crippen LogP contribution in [0.15, 0.2) is 17.3 Å². The molecule has 0 bridgehead atoms. The van der Waals surface area contributed by atoms with Gasteiger partial charge in [0.25, 0.3) is 5.56 Å². The number of aromatic nitrogens is 3. The van der Waals surface area contributed by atoms with Crippen LogP contribution in [0.5, 0.6) is 0 Å². The lowest BCUT2D eigenvalue weighted by atomic mass is 10.1. The summed E-state index contributed by atoms with van der Waals surface area (Å²) in [5.41, 5.74) is 1.99. The molecule has 0 aliphatic carbocycles. The molecule has 1 aliphatic rings.